The van der Waals surface area contributed by atoms with Crippen molar-refractivity contribution >= 4 is 5.97 Å². The van der Waals surface area contributed by atoms with Gasteiger partial charge in [0.05, 0.1) is 13.2 Å². The number of rotatable bonds is 4. The molecule has 0 aliphatic carbocycles. The number of carbonyl (C=O) groups is 1. The van der Waals surface area contributed by atoms with Crippen molar-refractivity contribution in [3.8, 4) is 0 Å². The van der Waals surface area contributed by atoms with Crippen molar-refractivity contribution in [2.75, 3.05) is 19.7 Å². The molecule has 21 heavy (non-hydrogen) atoms. The summed E-state index contributed by atoms with van der Waals surface area (Å²) < 4.78 is 4.95. The summed E-state index contributed by atoms with van der Waals surface area (Å²) in [6.45, 7) is 11.9. The van der Waals surface area contributed by atoms with Crippen LogP contribution in [0.3, 0.4) is 0 Å². The first-order valence-corrected chi connectivity index (χ1v) is 7.27. The maximum Gasteiger partial charge on any atom is 0.336 e. The average molecular weight is 284 g/mol. The number of nitrogens with zero attached hydrogens (tertiary/aromatic N) is 2. The second-order valence-corrected chi connectivity index (χ2v) is 5.05. The minimum Gasteiger partial charge on any atom is -0.471 e. The molecule has 0 radical (unpaired) electrons. The van der Waals surface area contributed by atoms with Gasteiger partial charge in [0.2, 0.25) is 0 Å². The molecule has 2 rings (SSSR count). The highest BCUT2D eigenvalue weighted by Crippen LogP contribution is 2.23. The van der Waals surface area contributed by atoms with Crippen LogP contribution in [0, 0.1) is 6.57 Å². The normalized spacial score (nSPS) is 15.3. The smallest absolute Gasteiger partial charge is 0.336 e. The lowest BCUT2D eigenvalue weighted by Gasteiger charge is -2.28. The van der Waals surface area contributed by atoms with Gasteiger partial charge in [0.1, 0.15) is 0 Å². The standard InChI is InChI=1S/C17H20N2O2/c1-3-21-17(20)16(18-2)15-9-11-19(12-10-15)13-14-7-5-4-6-8-14/h4-8H,3,9-13H2,1H3. The van der Waals surface area contributed by atoms with Crippen LogP contribution in [0.5, 0.6) is 0 Å². The predicted octanol–water partition coefficient (Wildman–Crippen LogP) is 3.02. The van der Waals surface area contributed by atoms with E-state index in [1.807, 2.05) is 18.2 Å². The minimum absolute atomic E-state index is 0.191. The maximum atomic E-state index is 11.7. The van der Waals surface area contributed by atoms with Gasteiger partial charge >= 0.3 is 5.97 Å². The summed E-state index contributed by atoms with van der Waals surface area (Å²) in [5.74, 6) is -0.473. The van der Waals surface area contributed by atoms with Crippen LogP contribution >= 0.6 is 0 Å². The van der Waals surface area contributed by atoms with E-state index in [-0.39, 0.29) is 5.70 Å². The van der Waals surface area contributed by atoms with Gasteiger partial charge < -0.3 is 4.74 Å². The lowest BCUT2D eigenvalue weighted by Crippen LogP contribution is -2.31. The third-order valence-corrected chi connectivity index (χ3v) is 3.62. The van der Waals surface area contributed by atoms with E-state index in [1.165, 1.54) is 5.56 Å². The quantitative estimate of drug-likeness (QED) is 0.484. The molecule has 1 aliphatic rings. The van der Waals surface area contributed by atoms with Crippen LogP contribution in [0.4, 0.5) is 0 Å². The van der Waals surface area contributed by atoms with Crippen molar-refractivity contribution in [3.05, 3.63) is 58.6 Å². The predicted molar refractivity (Wildman–Crippen MR) is 81.2 cm³/mol. The van der Waals surface area contributed by atoms with Crippen molar-refractivity contribution in [1.82, 2.24) is 4.90 Å². The van der Waals surface area contributed by atoms with E-state index in [0.717, 1.165) is 38.0 Å². The molecule has 4 nitrogen and oxygen atoms in total. The Balaban J connectivity index is 1.96. The highest BCUT2D eigenvalue weighted by molar-refractivity contribution is 5.91. The van der Waals surface area contributed by atoms with Gasteiger partial charge in [-0.05, 0) is 25.3 Å². The van der Waals surface area contributed by atoms with Gasteiger partial charge in [-0.1, -0.05) is 35.9 Å². The molecule has 1 aromatic carbocycles. The molecule has 1 heterocycles. The summed E-state index contributed by atoms with van der Waals surface area (Å²) in [7, 11) is 0. The molecule has 0 unspecified atom stereocenters. The summed E-state index contributed by atoms with van der Waals surface area (Å²) in [4.78, 5) is 17.5. The highest BCUT2D eigenvalue weighted by atomic mass is 16.5. The fourth-order valence-electron chi connectivity index (χ4n) is 2.53. The second kappa shape index (κ2) is 7.61. The first-order chi connectivity index (χ1) is 10.2. The highest BCUT2D eigenvalue weighted by Gasteiger charge is 2.22. The summed E-state index contributed by atoms with van der Waals surface area (Å²) in [5.41, 5.74) is 2.42. The lowest BCUT2D eigenvalue weighted by atomic mass is 10.0. The molecule has 1 saturated heterocycles. The summed E-state index contributed by atoms with van der Waals surface area (Å²) in [6.07, 6.45) is 1.53. The van der Waals surface area contributed by atoms with Crippen LogP contribution in [0.15, 0.2) is 41.6 Å². The molecule has 110 valence electrons. The van der Waals surface area contributed by atoms with E-state index < -0.39 is 5.97 Å². The largest absolute Gasteiger partial charge is 0.471 e. The second-order valence-electron chi connectivity index (χ2n) is 5.05. The Kier molecular flexibility index (Phi) is 5.53. The van der Waals surface area contributed by atoms with E-state index in [2.05, 4.69) is 21.9 Å². The Bertz CT molecular complexity index is 548. The number of likely N-dealkylation sites (tertiary alicyclic amines) is 1. The third-order valence-electron chi connectivity index (χ3n) is 3.62. The summed E-state index contributed by atoms with van der Waals surface area (Å²) in [5, 5.41) is 0. The molecule has 1 aromatic rings. The fourth-order valence-corrected chi connectivity index (χ4v) is 2.53. The zero-order valence-corrected chi connectivity index (χ0v) is 12.3. The van der Waals surface area contributed by atoms with Gasteiger partial charge in [-0.2, -0.15) is 0 Å². The van der Waals surface area contributed by atoms with E-state index >= 15 is 0 Å². The Hall–Kier alpha value is -2.12. The van der Waals surface area contributed by atoms with Crippen molar-refractivity contribution in [2.24, 2.45) is 0 Å². The van der Waals surface area contributed by atoms with E-state index in [0.29, 0.717) is 6.61 Å². The van der Waals surface area contributed by atoms with Gasteiger partial charge in [-0.15, -0.1) is 0 Å². The molecule has 0 atom stereocenters. The van der Waals surface area contributed by atoms with Gasteiger partial charge in [-0.3, -0.25) is 9.69 Å². The van der Waals surface area contributed by atoms with E-state index in [1.54, 1.807) is 6.92 Å². The zero-order valence-electron chi connectivity index (χ0n) is 12.3. The molecule has 0 saturated carbocycles. The van der Waals surface area contributed by atoms with E-state index in [9.17, 15) is 4.79 Å². The SMILES string of the molecule is [C-]#[N+]C(C(=O)OCC)=C1CCN(Cc2ccccc2)CC1. The summed E-state index contributed by atoms with van der Waals surface area (Å²) >= 11 is 0. The molecule has 0 N–H and O–H groups in total. The average Bonchev–Trinajstić information content (AvgIpc) is 2.51. The van der Waals surface area contributed by atoms with Crippen LogP contribution < -0.4 is 0 Å². The summed E-state index contributed by atoms with van der Waals surface area (Å²) in [6, 6.07) is 10.3. The number of hydrogen-bond acceptors (Lipinski definition) is 3. The third kappa shape index (κ3) is 4.17. The molecule has 4 heteroatoms. The van der Waals surface area contributed by atoms with Crippen molar-refractivity contribution in [2.45, 2.75) is 26.3 Å². The monoisotopic (exact) mass is 284 g/mol. The Morgan fingerprint density at radius 3 is 2.52 bits per heavy atom. The maximum absolute atomic E-state index is 11.7. The van der Waals surface area contributed by atoms with Crippen molar-refractivity contribution in [1.29, 1.82) is 0 Å². The molecule has 0 amide bonds. The van der Waals surface area contributed by atoms with Crippen LogP contribution in [0.2, 0.25) is 0 Å². The number of carbonyl (C=O) groups excluding carboxylic acids is 1. The molecule has 1 aliphatic heterocycles. The number of hydrogen-bond donors (Lipinski definition) is 0. The van der Waals surface area contributed by atoms with E-state index in [4.69, 9.17) is 11.3 Å². The topological polar surface area (TPSA) is 33.9 Å². The van der Waals surface area contributed by atoms with Crippen LogP contribution in [0.1, 0.15) is 25.3 Å². The lowest BCUT2D eigenvalue weighted by molar-refractivity contribution is -0.138. The Morgan fingerprint density at radius 2 is 1.95 bits per heavy atom. The molecule has 1 fully saturated rings. The first-order valence-electron chi connectivity index (χ1n) is 7.27. The van der Waals surface area contributed by atoms with Crippen molar-refractivity contribution < 1.29 is 9.53 Å². The Morgan fingerprint density at radius 1 is 1.29 bits per heavy atom. The molecule has 0 aromatic heterocycles. The van der Waals surface area contributed by atoms with Crippen LogP contribution in [0.25, 0.3) is 4.85 Å². The fraction of sp³-hybridized carbons (Fsp3) is 0.412. The van der Waals surface area contributed by atoms with Crippen molar-refractivity contribution in [3.63, 3.8) is 0 Å². The zero-order chi connectivity index (χ0) is 15.1. The molecule has 0 bridgehead atoms. The number of esters is 1. The first kappa shape index (κ1) is 15.3. The van der Waals surface area contributed by atoms with Gasteiger partial charge in [-0.25, -0.2) is 4.85 Å². The van der Waals surface area contributed by atoms with Crippen LogP contribution in [-0.2, 0) is 16.1 Å². The van der Waals surface area contributed by atoms with Gasteiger partial charge in [0.15, 0.2) is 0 Å². The molecular weight excluding hydrogens is 264 g/mol. The Labute approximate surface area is 125 Å². The van der Waals surface area contributed by atoms with Crippen LogP contribution in [-0.4, -0.2) is 30.6 Å². The molecular formula is C17H20N2O2. The number of benzene rings is 1. The number of ether oxygens (including phenoxy) is 1. The van der Waals surface area contributed by atoms with Gasteiger partial charge in [0.25, 0.3) is 5.70 Å². The number of piperidine rings is 1. The van der Waals surface area contributed by atoms with Gasteiger partial charge in [0, 0.05) is 19.6 Å². The minimum atomic E-state index is -0.473. The molecule has 0 spiro atoms.